The normalized spacial score (nSPS) is 10.8. The molecule has 0 saturated carbocycles. The summed E-state index contributed by atoms with van der Waals surface area (Å²) in [7, 11) is 1.93. The average molecular weight is 268 g/mol. The minimum Gasteiger partial charge on any atom is -0.487 e. The first-order valence-electron chi connectivity index (χ1n) is 6.50. The molecule has 0 radical (unpaired) electrons. The van der Waals surface area contributed by atoms with Crippen LogP contribution in [0.25, 0.3) is 5.78 Å². The van der Waals surface area contributed by atoms with Crippen LogP contribution in [0.5, 0.6) is 5.75 Å². The van der Waals surface area contributed by atoms with Gasteiger partial charge in [0.15, 0.2) is 0 Å². The van der Waals surface area contributed by atoms with Crippen LogP contribution >= 0.6 is 0 Å². The summed E-state index contributed by atoms with van der Waals surface area (Å²) in [6.07, 6.45) is 5.58. The number of hydrogen-bond donors (Lipinski definition) is 1. The van der Waals surface area contributed by atoms with Crippen molar-refractivity contribution in [3.63, 3.8) is 0 Å². The Hall–Kier alpha value is -2.40. The molecule has 1 N–H and O–H groups in total. The van der Waals surface area contributed by atoms with Gasteiger partial charge in [0.1, 0.15) is 12.4 Å². The molecule has 102 valence electrons. The van der Waals surface area contributed by atoms with E-state index in [1.54, 1.807) is 6.20 Å². The van der Waals surface area contributed by atoms with Gasteiger partial charge in [-0.1, -0.05) is 12.1 Å². The highest BCUT2D eigenvalue weighted by atomic mass is 16.5. The Labute approximate surface area is 117 Å². The van der Waals surface area contributed by atoms with E-state index >= 15 is 0 Å². The molecule has 5 heteroatoms. The fourth-order valence-corrected chi connectivity index (χ4v) is 2.06. The smallest absolute Gasteiger partial charge is 0.234 e. The van der Waals surface area contributed by atoms with Gasteiger partial charge in [-0.05, 0) is 30.8 Å². The monoisotopic (exact) mass is 268 g/mol. The largest absolute Gasteiger partial charge is 0.487 e. The average Bonchev–Trinajstić information content (AvgIpc) is 2.89. The van der Waals surface area contributed by atoms with E-state index in [1.807, 2.05) is 48.1 Å². The molecule has 1 aromatic carbocycles. The number of rotatable bonds is 5. The van der Waals surface area contributed by atoms with Crippen molar-refractivity contribution in [2.24, 2.45) is 0 Å². The Morgan fingerprint density at radius 3 is 3.10 bits per heavy atom. The molecule has 2 heterocycles. The van der Waals surface area contributed by atoms with Gasteiger partial charge >= 0.3 is 0 Å². The van der Waals surface area contributed by atoms with Crippen molar-refractivity contribution < 1.29 is 4.74 Å². The zero-order valence-electron chi connectivity index (χ0n) is 11.3. The molecule has 0 aliphatic carbocycles. The molecule has 0 saturated heterocycles. The fraction of sp³-hybridized carbons (Fsp3) is 0.200. The molecule has 0 aliphatic rings. The molecule has 0 unspecified atom stereocenters. The van der Waals surface area contributed by atoms with Crippen molar-refractivity contribution in [3.05, 3.63) is 60.2 Å². The predicted octanol–water partition coefficient (Wildman–Crippen LogP) is 2.03. The summed E-state index contributed by atoms with van der Waals surface area (Å²) in [6.45, 7) is 1.27. The van der Waals surface area contributed by atoms with E-state index in [0.29, 0.717) is 12.4 Å². The maximum Gasteiger partial charge on any atom is 0.234 e. The van der Waals surface area contributed by atoms with Crippen molar-refractivity contribution in [2.45, 2.75) is 13.2 Å². The fourth-order valence-electron chi connectivity index (χ4n) is 2.06. The summed E-state index contributed by atoms with van der Waals surface area (Å²) in [4.78, 5) is 8.58. The highest BCUT2D eigenvalue weighted by Crippen LogP contribution is 2.15. The Kier molecular flexibility index (Phi) is 3.60. The van der Waals surface area contributed by atoms with E-state index in [2.05, 4.69) is 21.4 Å². The third-order valence-electron chi connectivity index (χ3n) is 2.95. The Morgan fingerprint density at radius 1 is 1.30 bits per heavy atom. The minimum atomic E-state index is 0.437. The van der Waals surface area contributed by atoms with Gasteiger partial charge in [0, 0.05) is 25.1 Å². The van der Waals surface area contributed by atoms with E-state index in [-0.39, 0.29) is 0 Å². The molecule has 3 aromatic rings. The molecule has 0 aliphatic heterocycles. The maximum absolute atomic E-state index is 5.78. The van der Waals surface area contributed by atoms with Crippen LogP contribution in [-0.2, 0) is 13.2 Å². The maximum atomic E-state index is 5.78. The zero-order valence-corrected chi connectivity index (χ0v) is 11.3. The first-order valence-corrected chi connectivity index (χ1v) is 6.50. The van der Waals surface area contributed by atoms with E-state index < -0.39 is 0 Å². The molecular formula is C15H16N4O. The van der Waals surface area contributed by atoms with Gasteiger partial charge < -0.3 is 10.1 Å². The molecule has 0 bridgehead atoms. The molecule has 2 aromatic heterocycles. The Morgan fingerprint density at radius 2 is 2.25 bits per heavy atom. The summed E-state index contributed by atoms with van der Waals surface area (Å²) < 4.78 is 7.66. The minimum absolute atomic E-state index is 0.437. The van der Waals surface area contributed by atoms with Crippen LogP contribution in [0.15, 0.2) is 48.9 Å². The van der Waals surface area contributed by atoms with Crippen molar-refractivity contribution in [3.8, 4) is 5.75 Å². The van der Waals surface area contributed by atoms with E-state index in [4.69, 9.17) is 4.74 Å². The number of nitrogens with zero attached hydrogens (tertiary/aromatic N) is 3. The molecule has 0 spiro atoms. The van der Waals surface area contributed by atoms with Crippen LogP contribution in [0.3, 0.4) is 0 Å². The van der Waals surface area contributed by atoms with Gasteiger partial charge in [0.2, 0.25) is 5.78 Å². The number of benzene rings is 1. The SMILES string of the molecule is CNCc1cccc(OCc2cn3cccnc3n2)c1. The van der Waals surface area contributed by atoms with Gasteiger partial charge in [-0.3, -0.25) is 4.40 Å². The standard InChI is InChI=1S/C15H16N4O/c1-16-9-12-4-2-5-14(8-12)20-11-13-10-19-7-3-6-17-15(19)18-13/h2-8,10,16H,9,11H2,1H3. The van der Waals surface area contributed by atoms with Gasteiger partial charge in [0.25, 0.3) is 0 Å². The third-order valence-corrected chi connectivity index (χ3v) is 2.95. The molecule has 20 heavy (non-hydrogen) atoms. The summed E-state index contributed by atoms with van der Waals surface area (Å²) in [5.74, 6) is 1.54. The number of nitrogens with one attached hydrogen (secondary N) is 1. The van der Waals surface area contributed by atoms with Crippen LogP contribution in [-0.4, -0.2) is 21.4 Å². The first-order chi connectivity index (χ1) is 9.85. The Balaban J connectivity index is 1.71. The lowest BCUT2D eigenvalue weighted by Crippen LogP contribution is -2.05. The van der Waals surface area contributed by atoms with Gasteiger partial charge in [0.05, 0.1) is 5.69 Å². The summed E-state index contributed by atoms with van der Waals surface area (Å²) in [6, 6.07) is 9.92. The molecular weight excluding hydrogens is 252 g/mol. The van der Waals surface area contributed by atoms with Crippen LogP contribution in [0, 0.1) is 0 Å². The van der Waals surface area contributed by atoms with Crippen molar-refractivity contribution in [2.75, 3.05) is 7.05 Å². The van der Waals surface area contributed by atoms with Gasteiger partial charge in [-0.2, -0.15) is 0 Å². The lowest BCUT2D eigenvalue weighted by atomic mass is 10.2. The second-order valence-corrected chi connectivity index (χ2v) is 4.53. The van der Waals surface area contributed by atoms with Crippen LogP contribution in [0.2, 0.25) is 0 Å². The van der Waals surface area contributed by atoms with Gasteiger partial charge in [-0.15, -0.1) is 0 Å². The van der Waals surface area contributed by atoms with Crippen molar-refractivity contribution in [1.29, 1.82) is 0 Å². The second-order valence-electron chi connectivity index (χ2n) is 4.53. The van der Waals surface area contributed by atoms with E-state index in [1.165, 1.54) is 5.56 Å². The molecule has 0 amide bonds. The molecule has 0 fully saturated rings. The molecule has 5 nitrogen and oxygen atoms in total. The summed E-state index contributed by atoms with van der Waals surface area (Å²) in [5, 5.41) is 3.12. The number of hydrogen-bond acceptors (Lipinski definition) is 4. The summed E-state index contributed by atoms with van der Waals surface area (Å²) >= 11 is 0. The van der Waals surface area contributed by atoms with Crippen LogP contribution in [0.1, 0.15) is 11.3 Å². The van der Waals surface area contributed by atoms with E-state index in [0.717, 1.165) is 18.0 Å². The van der Waals surface area contributed by atoms with Crippen LogP contribution < -0.4 is 10.1 Å². The third kappa shape index (κ3) is 2.78. The number of fused-ring (bicyclic) bond motifs is 1. The molecule has 3 rings (SSSR count). The lowest BCUT2D eigenvalue weighted by Gasteiger charge is -2.06. The highest BCUT2D eigenvalue weighted by Gasteiger charge is 2.03. The van der Waals surface area contributed by atoms with Crippen molar-refractivity contribution >= 4 is 5.78 Å². The summed E-state index contributed by atoms with van der Waals surface area (Å²) in [5.41, 5.74) is 2.06. The van der Waals surface area contributed by atoms with Gasteiger partial charge in [-0.25, -0.2) is 9.97 Å². The van der Waals surface area contributed by atoms with E-state index in [9.17, 15) is 0 Å². The Bertz CT molecular complexity index is 675. The number of aromatic nitrogens is 3. The number of ether oxygens (including phenoxy) is 1. The predicted molar refractivity (Wildman–Crippen MR) is 76.5 cm³/mol. The zero-order chi connectivity index (χ0) is 13.8. The van der Waals surface area contributed by atoms with Crippen LogP contribution in [0.4, 0.5) is 0 Å². The topological polar surface area (TPSA) is 51.5 Å². The second kappa shape index (κ2) is 5.71. The quantitative estimate of drug-likeness (QED) is 0.769. The first kappa shape index (κ1) is 12.6. The number of imidazole rings is 1. The molecule has 0 atom stereocenters. The van der Waals surface area contributed by atoms with Crippen molar-refractivity contribution in [1.82, 2.24) is 19.7 Å². The highest BCUT2D eigenvalue weighted by molar-refractivity contribution is 5.31. The lowest BCUT2D eigenvalue weighted by molar-refractivity contribution is 0.301.